The molecule has 3 rings (SSSR count). The third kappa shape index (κ3) is 3.61. The molecular formula is C21H30N2O. The second-order valence-electron chi connectivity index (χ2n) is 7.66. The first-order valence-electron chi connectivity index (χ1n) is 9.46. The Morgan fingerprint density at radius 1 is 1.17 bits per heavy atom. The number of hydrogen-bond acceptors (Lipinski definition) is 2. The molecule has 0 aromatic heterocycles. The van der Waals surface area contributed by atoms with E-state index < -0.39 is 0 Å². The molecule has 1 saturated heterocycles. The van der Waals surface area contributed by atoms with Crippen LogP contribution in [-0.4, -0.2) is 36.2 Å². The zero-order valence-electron chi connectivity index (χ0n) is 15.1. The third-order valence-corrected chi connectivity index (χ3v) is 6.09. The van der Waals surface area contributed by atoms with E-state index in [0.717, 1.165) is 25.9 Å². The van der Waals surface area contributed by atoms with Gasteiger partial charge in [0.05, 0.1) is 5.41 Å². The van der Waals surface area contributed by atoms with Crippen LogP contribution >= 0.6 is 0 Å². The molecule has 3 nitrogen and oxygen atoms in total. The number of rotatable bonds is 3. The van der Waals surface area contributed by atoms with Crippen LogP contribution in [-0.2, 0) is 4.79 Å². The number of amides is 1. The highest BCUT2D eigenvalue weighted by atomic mass is 16.1. The fourth-order valence-corrected chi connectivity index (χ4v) is 4.47. The standard InChI is InChI=1S/C21H30N2O/c1-3-22-20(24)21(2)13-15-23(16-14-21)19-12-8-7-11-18(19)17-9-5-4-6-10-17/h3-6,9-10,18-19H,7-8,11-16H2,1-2H3. The van der Waals surface area contributed by atoms with Crippen LogP contribution in [0.25, 0.3) is 0 Å². The van der Waals surface area contributed by atoms with Gasteiger partial charge in [0.2, 0.25) is 0 Å². The average molecular weight is 326 g/mol. The molecule has 2 aliphatic rings. The lowest BCUT2D eigenvalue weighted by atomic mass is 9.75. The molecule has 1 amide bonds. The summed E-state index contributed by atoms with van der Waals surface area (Å²) in [6.45, 7) is 5.96. The zero-order chi connectivity index (χ0) is 17.0. The zero-order valence-corrected chi connectivity index (χ0v) is 15.1. The molecule has 0 spiro atoms. The van der Waals surface area contributed by atoms with E-state index in [2.05, 4.69) is 47.1 Å². The summed E-state index contributed by atoms with van der Waals surface area (Å²) < 4.78 is 0. The topological polar surface area (TPSA) is 32.7 Å². The van der Waals surface area contributed by atoms with Crippen molar-refractivity contribution in [2.24, 2.45) is 10.4 Å². The fraction of sp³-hybridized carbons (Fsp3) is 0.619. The van der Waals surface area contributed by atoms with Crippen LogP contribution in [0.3, 0.4) is 0 Å². The highest BCUT2D eigenvalue weighted by Gasteiger charge is 2.40. The van der Waals surface area contributed by atoms with Gasteiger partial charge in [0.25, 0.3) is 5.91 Å². The normalized spacial score (nSPS) is 28.1. The van der Waals surface area contributed by atoms with Gasteiger partial charge in [-0.3, -0.25) is 9.69 Å². The molecule has 24 heavy (non-hydrogen) atoms. The number of hydrogen-bond donors (Lipinski definition) is 0. The Morgan fingerprint density at radius 2 is 1.83 bits per heavy atom. The van der Waals surface area contributed by atoms with E-state index in [4.69, 9.17) is 0 Å². The van der Waals surface area contributed by atoms with Crippen molar-refractivity contribution < 1.29 is 4.79 Å². The second kappa shape index (κ2) is 7.60. The number of carbonyl (C=O) groups excluding carboxylic acids is 1. The maximum Gasteiger partial charge on any atom is 0.251 e. The Balaban J connectivity index is 1.69. The van der Waals surface area contributed by atoms with Gasteiger partial charge < -0.3 is 0 Å². The highest BCUT2D eigenvalue weighted by molar-refractivity contribution is 5.88. The van der Waals surface area contributed by atoms with Crippen molar-refractivity contribution in [2.75, 3.05) is 13.1 Å². The summed E-state index contributed by atoms with van der Waals surface area (Å²) in [4.78, 5) is 19.0. The Bertz CT molecular complexity index is 573. The monoisotopic (exact) mass is 326 g/mol. The van der Waals surface area contributed by atoms with Crippen LogP contribution < -0.4 is 0 Å². The Hall–Kier alpha value is -1.48. The molecule has 2 atom stereocenters. The smallest absolute Gasteiger partial charge is 0.251 e. The minimum Gasteiger partial charge on any atom is -0.300 e. The molecular weight excluding hydrogens is 296 g/mol. The SMILES string of the molecule is CC=NC(=O)C1(C)CCN(C2CCCCC2c2ccccc2)CC1. The summed E-state index contributed by atoms with van der Waals surface area (Å²) in [5.41, 5.74) is 1.22. The molecule has 1 heterocycles. The highest BCUT2D eigenvalue weighted by Crippen LogP contribution is 2.40. The molecule has 1 aliphatic carbocycles. The molecule has 3 heteroatoms. The summed E-state index contributed by atoms with van der Waals surface area (Å²) in [5.74, 6) is 0.710. The van der Waals surface area contributed by atoms with Crippen molar-refractivity contribution >= 4 is 12.1 Å². The fourth-order valence-electron chi connectivity index (χ4n) is 4.47. The van der Waals surface area contributed by atoms with Gasteiger partial charge in [-0.05, 0) is 57.2 Å². The molecule has 0 radical (unpaired) electrons. The van der Waals surface area contributed by atoms with Crippen molar-refractivity contribution in [1.82, 2.24) is 4.90 Å². The average Bonchev–Trinajstić information content (AvgIpc) is 2.63. The summed E-state index contributed by atoms with van der Waals surface area (Å²) in [7, 11) is 0. The molecule has 2 unspecified atom stereocenters. The third-order valence-electron chi connectivity index (χ3n) is 6.09. The number of nitrogens with zero attached hydrogens (tertiary/aromatic N) is 2. The van der Waals surface area contributed by atoms with Crippen LogP contribution in [0.5, 0.6) is 0 Å². The number of aliphatic imine (C=N–C) groups is 1. The van der Waals surface area contributed by atoms with E-state index in [1.165, 1.54) is 31.2 Å². The van der Waals surface area contributed by atoms with Gasteiger partial charge in [0, 0.05) is 12.3 Å². The largest absolute Gasteiger partial charge is 0.300 e. The lowest BCUT2D eigenvalue weighted by molar-refractivity contribution is -0.129. The number of benzene rings is 1. The molecule has 1 aliphatic heterocycles. The van der Waals surface area contributed by atoms with E-state index in [-0.39, 0.29) is 11.3 Å². The van der Waals surface area contributed by atoms with Crippen molar-refractivity contribution in [3.05, 3.63) is 35.9 Å². The van der Waals surface area contributed by atoms with Crippen molar-refractivity contribution in [2.45, 2.75) is 64.3 Å². The van der Waals surface area contributed by atoms with E-state index in [1.54, 1.807) is 6.21 Å². The van der Waals surface area contributed by atoms with Crippen molar-refractivity contribution in [1.29, 1.82) is 0 Å². The molecule has 0 bridgehead atoms. The predicted octanol–water partition coefficient (Wildman–Crippen LogP) is 4.43. The Morgan fingerprint density at radius 3 is 2.50 bits per heavy atom. The lowest BCUT2D eigenvalue weighted by Gasteiger charge is -2.45. The van der Waals surface area contributed by atoms with Crippen LogP contribution in [0.2, 0.25) is 0 Å². The summed E-state index contributed by atoms with van der Waals surface area (Å²) in [6.07, 6.45) is 8.75. The van der Waals surface area contributed by atoms with Gasteiger partial charge in [-0.2, -0.15) is 0 Å². The van der Waals surface area contributed by atoms with Gasteiger partial charge in [-0.1, -0.05) is 50.1 Å². The summed E-state index contributed by atoms with van der Waals surface area (Å²) >= 11 is 0. The minimum atomic E-state index is -0.264. The van der Waals surface area contributed by atoms with Crippen LogP contribution in [0, 0.1) is 5.41 Å². The van der Waals surface area contributed by atoms with Gasteiger partial charge in [-0.15, -0.1) is 0 Å². The van der Waals surface area contributed by atoms with Gasteiger partial charge in [-0.25, -0.2) is 4.99 Å². The Kier molecular flexibility index (Phi) is 5.50. The van der Waals surface area contributed by atoms with E-state index >= 15 is 0 Å². The van der Waals surface area contributed by atoms with Crippen LogP contribution in [0.4, 0.5) is 0 Å². The van der Waals surface area contributed by atoms with Crippen LogP contribution in [0.15, 0.2) is 35.3 Å². The molecule has 1 aromatic carbocycles. The van der Waals surface area contributed by atoms with Gasteiger partial charge >= 0.3 is 0 Å². The van der Waals surface area contributed by atoms with Crippen molar-refractivity contribution in [3.8, 4) is 0 Å². The van der Waals surface area contributed by atoms with E-state index in [0.29, 0.717) is 12.0 Å². The molecule has 130 valence electrons. The van der Waals surface area contributed by atoms with E-state index in [1.807, 2.05) is 6.92 Å². The summed E-state index contributed by atoms with van der Waals surface area (Å²) in [6, 6.07) is 11.6. The number of likely N-dealkylation sites (tertiary alicyclic amines) is 1. The van der Waals surface area contributed by atoms with Crippen LogP contribution in [0.1, 0.15) is 63.9 Å². The molecule has 1 aromatic rings. The molecule has 0 N–H and O–H groups in total. The lowest BCUT2D eigenvalue weighted by Crippen LogP contribution is -2.49. The number of carbonyl (C=O) groups is 1. The number of piperidine rings is 1. The van der Waals surface area contributed by atoms with E-state index in [9.17, 15) is 4.79 Å². The van der Waals surface area contributed by atoms with Gasteiger partial charge in [0.15, 0.2) is 0 Å². The predicted molar refractivity (Wildman–Crippen MR) is 99.5 cm³/mol. The van der Waals surface area contributed by atoms with Gasteiger partial charge in [0.1, 0.15) is 0 Å². The Labute approximate surface area is 146 Å². The second-order valence-corrected chi connectivity index (χ2v) is 7.66. The first kappa shape index (κ1) is 17.3. The molecule has 1 saturated carbocycles. The minimum absolute atomic E-state index is 0.0629. The summed E-state index contributed by atoms with van der Waals surface area (Å²) in [5, 5.41) is 0. The quantitative estimate of drug-likeness (QED) is 0.770. The van der Waals surface area contributed by atoms with Crippen molar-refractivity contribution in [3.63, 3.8) is 0 Å². The molecule has 2 fully saturated rings. The maximum absolute atomic E-state index is 12.3. The maximum atomic E-state index is 12.3. The first-order chi connectivity index (χ1) is 11.6. The first-order valence-corrected chi connectivity index (χ1v) is 9.46.